The topological polar surface area (TPSA) is 78.5 Å². The van der Waals surface area contributed by atoms with Crippen LogP contribution >= 0.6 is 0 Å². The van der Waals surface area contributed by atoms with Gasteiger partial charge in [0.1, 0.15) is 0 Å². The van der Waals surface area contributed by atoms with Crippen molar-refractivity contribution in [2.75, 3.05) is 39.4 Å². The Kier molecular flexibility index (Phi) is 4.95. The van der Waals surface area contributed by atoms with Crippen molar-refractivity contribution in [3.05, 3.63) is 17.5 Å². The summed E-state index contributed by atoms with van der Waals surface area (Å²) in [6, 6.07) is 0. The number of ether oxygens (including phenoxy) is 1. The van der Waals surface area contributed by atoms with Gasteiger partial charge in [0.2, 0.25) is 5.91 Å². The first-order valence-corrected chi connectivity index (χ1v) is 8.30. The molecule has 1 N–H and O–H groups in total. The normalized spacial score (nSPS) is 19.9. The molecule has 3 heterocycles. The van der Waals surface area contributed by atoms with E-state index in [0.29, 0.717) is 57.3 Å². The zero-order chi connectivity index (χ0) is 16.2. The van der Waals surface area contributed by atoms with Crippen LogP contribution in [0.25, 0.3) is 0 Å². The number of piperidine rings is 1. The highest BCUT2D eigenvalue weighted by Gasteiger charge is 2.28. The van der Waals surface area contributed by atoms with Gasteiger partial charge in [0.25, 0.3) is 5.91 Å². The van der Waals surface area contributed by atoms with Crippen LogP contribution in [0.5, 0.6) is 0 Å². The van der Waals surface area contributed by atoms with E-state index in [1.807, 2.05) is 16.7 Å². The van der Waals surface area contributed by atoms with E-state index in [-0.39, 0.29) is 11.8 Å². The average Bonchev–Trinajstić information content (AvgIpc) is 3.02. The van der Waals surface area contributed by atoms with Crippen molar-refractivity contribution >= 4 is 11.8 Å². The maximum Gasteiger partial charge on any atom is 0.257 e. The van der Waals surface area contributed by atoms with Crippen LogP contribution in [0.3, 0.4) is 0 Å². The van der Waals surface area contributed by atoms with Gasteiger partial charge in [-0.3, -0.25) is 14.7 Å². The van der Waals surface area contributed by atoms with Crippen molar-refractivity contribution in [3.8, 4) is 0 Å². The Hall–Kier alpha value is -1.89. The Bertz CT molecular complexity index is 557. The van der Waals surface area contributed by atoms with E-state index in [1.165, 1.54) is 0 Å². The number of amides is 2. The molecule has 23 heavy (non-hydrogen) atoms. The van der Waals surface area contributed by atoms with E-state index in [0.717, 1.165) is 18.5 Å². The molecular formula is C16H24N4O3. The summed E-state index contributed by atoms with van der Waals surface area (Å²) in [6.07, 6.45) is 3.95. The van der Waals surface area contributed by atoms with Crippen LogP contribution in [-0.4, -0.2) is 71.2 Å². The lowest BCUT2D eigenvalue weighted by Gasteiger charge is -2.33. The van der Waals surface area contributed by atoms with Gasteiger partial charge in [0, 0.05) is 38.3 Å². The zero-order valence-corrected chi connectivity index (χ0v) is 13.6. The van der Waals surface area contributed by atoms with Crippen LogP contribution < -0.4 is 0 Å². The number of aromatic nitrogens is 2. The molecule has 0 bridgehead atoms. The number of aromatic amines is 1. The van der Waals surface area contributed by atoms with Crippen LogP contribution in [0.1, 0.15) is 35.3 Å². The second-order valence-electron chi connectivity index (χ2n) is 6.34. The van der Waals surface area contributed by atoms with E-state index in [2.05, 4.69) is 10.2 Å². The molecule has 7 heteroatoms. The monoisotopic (exact) mass is 320 g/mol. The molecule has 0 aromatic carbocycles. The van der Waals surface area contributed by atoms with Crippen molar-refractivity contribution in [2.45, 2.75) is 26.2 Å². The van der Waals surface area contributed by atoms with E-state index >= 15 is 0 Å². The Labute approximate surface area is 136 Å². The van der Waals surface area contributed by atoms with Gasteiger partial charge in [0.05, 0.1) is 25.0 Å². The van der Waals surface area contributed by atoms with Gasteiger partial charge in [-0.1, -0.05) is 0 Å². The summed E-state index contributed by atoms with van der Waals surface area (Å²) in [5, 5.41) is 6.71. The second-order valence-corrected chi connectivity index (χ2v) is 6.34. The average molecular weight is 320 g/mol. The summed E-state index contributed by atoms with van der Waals surface area (Å²) < 4.78 is 5.28. The van der Waals surface area contributed by atoms with Crippen LogP contribution in [0.4, 0.5) is 0 Å². The fraction of sp³-hybridized carbons (Fsp3) is 0.688. The zero-order valence-electron chi connectivity index (χ0n) is 13.6. The molecule has 0 atom stereocenters. The standard InChI is InChI=1S/C16H24N4O3/c1-12-14(11-17-18-12)16(22)20-4-2-13(3-5-20)10-15(21)19-6-8-23-9-7-19/h11,13H,2-10H2,1H3,(H,17,18). The van der Waals surface area contributed by atoms with Crippen LogP contribution in [0.2, 0.25) is 0 Å². The van der Waals surface area contributed by atoms with Crippen molar-refractivity contribution < 1.29 is 14.3 Å². The molecule has 1 aromatic rings. The van der Waals surface area contributed by atoms with E-state index in [4.69, 9.17) is 4.74 Å². The van der Waals surface area contributed by atoms with Gasteiger partial charge < -0.3 is 14.5 Å². The van der Waals surface area contributed by atoms with Gasteiger partial charge in [0.15, 0.2) is 0 Å². The van der Waals surface area contributed by atoms with E-state index in [1.54, 1.807) is 6.20 Å². The summed E-state index contributed by atoms with van der Waals surface area (Å²) >= 11 is 0. The smallest absolute Gasteiger partial charge is 0.257 e. The quantitative estimate of drug-likeness (QED) is 0.894. The molecule has 2 saturated heterocycles. The number of carbonyl (C=O) groups is 2. The Morgan fingerprint density at radius 3 is 2.52 bits per heavy atom. The summed E-state index contributed by atoms with van der Waals surface area (Å²) in [5.74, 6) is 0.637. The molecule has 3 rings (SSSR count). The lowest BCUT2D eigenvalue weighted by atomic mass is 9.92. The molecule has 2 amide bonds. The Morgan fingerprint density at radius 1 is 1.22 bits per heavy atom. The van der Waals surface area contributed by atoms with Crippen molar-refractivity contribution in [3.63, 3.8) is 0 Å². The van der Waals surface area contributed by atoms with Gasteiger partial charge in [-0.25, -0.2) is 0 Å². The fourth-order valence-corrected chi connectivity index (χ4v) is 3.27. The molecule has 0 aliphatic carbocycles. The number of hydrogen-bond acceptors (Lipinski definition) is 4. The molecular weight excluding hydrogens is 296 g/mol. The van der Waals surface area contributed by atoms with E-state index in [9.17, 15) is 9.59 Å². The van der Waals surface area contributed by atoms with Crippen molar-refractivity contribution in [1.29, 1.82) is 0 Å². The summed E-state index contributed by atoms with van der Waals surface area (Å²) in [5.41, 5.74) is 1.45. The van der Waals surface area contributed by atoms with Crippen LogP contribution in [0, 0.1) is 12.8 Å². The minimum atomic E-state index is 0.0363. The first-order valence-electron chi connectivity index (χ1n) is 8.30. The first-order chi connectivity index (χ1) is 11.1. The number of hydrogen-bond donors (Lipinski definition) is 1. The maximum absolute atomic E-state index is 12.4. The second kappa shape index (κ2) is 7.12. The molecule has 0 radical (unpaired) electrons. The number of carbonyl (C=O) groups excluding carboxylic acids is 2. The molecule has 2 fully saturated rings. The van der Waals surface area contributed by atoms with Gasteiger partial charge in [-0.15, -0.1) is 0 Å². The first kappa shape index (κ1) is 16.0. The highest BCUT2D eigenvalue weighted by atomic mass is 16.5. The highest BCUT2D eigenvalue weighted by molar-refractivity contribution is 5.95. The molecule has 2 aliphatic rings. The number of rotatable bonds is 3. The minimum absolute atomic E-state index is 0.0363. The summed E-state index contributed by atoms with van der Waals surface area (Å²) in [7, 11) is 0. The number of aryl methyl sites for hydroxylation is 1. The van der Waals surface area contributed by atoms with Gasteiger partial charge in [-0.2, -0.15) is 5.10 Å². The number of morpholine rings is 1. The van der Waals surface area contributed by atoms with Crippen molar-refractivity contribution in [2.24, 2.45) is 5.92 Å². The number of nitrogens with zero attached hydrogens (tertiary/aromatic N) is 3. The van der Waals surface area contributed by atoms with Crippen LogP contribution in [-0.2, 0) is 9.53 Å². The third-order valence-corrected chi connectivity index (χ3v) is 4.79. The molecule has 2 aliphatic heterocycles. The largest absolute Gasteiger partial charge is 0.378 e. The predicted molar refractivity (Wildman–Crippen MR) is 84.0 cm³/mol. The maximum atomic E-state index is 12.4. The van der Waals surface area contributed by atoms with E-state index < -0.39 is 0 Å². The number of H-pyrrole nitrogens is 1. The summed E-state index contributed by atoms with van der Waals surface area (Å²) in [4.78, 5) is 28.5. The number of nitrogens with one attached hydrogen (secondary N) is 1. The lowest BCUT2D eigenvalue weighted by Crippen LogP contribution is -2.43. The Morgan fingerprint density at radius 2 is 1.91 bits per heavy atom. The lowest BCUT2D eigenvalue weighted by molar-refractivity contribution is -0.136. The highest BCUT2D eigenvalue weighted by Crippen LogP contribution is 2.23. The molecule has 0 unspecified atom stereocenters. The van der Waals surface area contributed by atoms with Crippen LogP contribution in [0.15, 0.2) is 6.20 Å². The fourth-order valence-electron chi connectivity index (χ4n) is 3.27. The Balaban J connectivity index is 1.47. The number of likely N-dealkylation sites (tertiary alicyclic amines) is 1. The predicted octanol–water partition coefficient (Wildman–Crippen LogP) is 0.819. The molecule has 1 aromatic heterocycles. The van der Waals surface area contributed by atoms with Gasteiger partial charge >= 0.3 is 0 Å². The molecule has 7 nitrogen and oxygen atoms in total. The third kappa shape index (κ3) is 3.72. The SMILES string of the molecule is Cc1[nH]ncc1C(=O)N1CCC(CC(=O)N2CCOCC2)CC1. The van der Waals surface area contributed by atoms with Gasteiger partial charge in [-0.05, 0) is 25.7 Å². The minimum Gasteiger partial charge on any atom is -0.378 e. The summed E-state index contributed by atoms with van der Waals surface area (Å²) in [6.45, 7) is 5.97. The van der Waals surface area contributed by atoms with Crippen molar-refractivity contribution in [1.82, 2.24) is 20.0 Å². The third-order valence-electron chi connectivity index (χ3n) is 4.79. The molecule has 0 saturated carbocycles. The molecule has 0 spiro atoms. The molecule has 126 valence electrons.